The molecule has 1 fully saturated rings. The van der Waals surface area contributed by atoms with Crippen LogP contribution >= 0.6 is 0 Å². The summed E-state index contributed by atoms with van der Waals surface area (Å²) in [6, 6.07) is 1.98. The highest BCUT2D eigenvalue weighted by atomic mass is 19.3. The molecule has 1 aromatic carbocycles. The Hall–Kier alpha value is -4.20. The molecule has 0 saturated carbocycles. The fourth-order valence-electron chi connectivity index (χ4n) is 4.90. The standard InChI is InChI=1S/C27H28F5N7O2/c1-15-14-39(8-7-37(15)2)20-10-19(29)23(16-3-5-38(6-4-16)27-34-11-17(28)12-35-27)24(30)25(20)36-41-21-13-33-22(40)9-18(21)26(31)32/h3,9-13,15,26,36H,4-8,14H2,1-2H3,(H,33,40). The van der Waals surface area contributed by atoms with Crippen molar-refractivity contribution in [1.82, 2.24) is 19.9 Å². The molecule has 2 aliphatic heterocycles. The first kappa shape index (κ1) is 28.3. The van der Waals surface area contributed by atoms with Crippen LogP contribution < -0.4 is 25.7 Å². The van der Waals surface area contributed by atoms with Gasteiger partial charge in [-0.25, -0.2) is 37.4 Å². The Morgan fingerprint density at radius 1 is 1.10 bits per heavy atom. The topological polar surface area (TPSA) is 89.6 Å². The molecule has 1 atom stereocenters. The number of nitrogens with one attached hydrogen (secondary N) is 2. The molecule has 2 aliphatic rings. The minimum absolute atomic E-state index is 0.0775. The van der Waals surface area contributed by atoms with Crippen LogP contribution in [-0.2, 0) is 0 Å². The monoisotopic (exact) mass is 577 g/mol. The van der Waals surface area contributed by atoms with Crippen LogP contribution in [0.15, 0.2) is 41.6 Å². The number of aromatic nitrogens is 3. The fourth-order valence-corrected chi connectivity index (χ4v) is 4.90. The molecule has 14 heteroatoms. The van der Waals surface area contributed by atoms with E-state index >= 15 is 8.78 Å². The summed E-state index contributed by atoms with van der Waals surface area (Å²) in [6.07, 6.45) is 1.87. The van der Waals surface area contributed by atoms with E-state index in [-0.39, 0.29) is 41.9 Å². The molecule has 0 aliphatic carbocycles. The predicted octanol–water partition coefficient (Wildman–Crippen LogP) is 4.36. The van der Waals surface area contributed by atoms with Crippen LogP contribution in [0.1, 0.15) is 30.9 Å². The van der Waals surface area contributed by atoms with Gasteiger partial charge in [0, 0.05) is 50.9 Å². The summed E-state index contributed by atoms with van der Waals surface area (Å²) in [5.74, 6) is -2.44. The second kappa shape index (κ2) is 11.7. The Morgan fingerprint density at radius 3 is 2.51 bits per heavy atom. The van der Waals surface area contributed by atoms with Crippen LogP contribution in [0.5, 0.6) is 5.75 Å². The van der Waals surface area contributed by atoms with Crippen molar-refractivity contribution in [3.63, 3.8) is 0 Å². The average Bonchev–Trinajstić information content (AvgIpc) is 2.95. The van der Waals surface area contributed by atoms with Crippen molar-refractivity contribution < 1.29 is 26.8 Å². The Labute approximate surface area is 232 Å². The maximum absolute atomic E-state index is 16.3. The van der Waals surface area contributed by atoms with Crippen LogP contribution in [0.2, 0.25) is 0 Å². The fraction of sp³-hybridized carbons (Fsp3) is 0.370. The SMILES string of the molecule is CC1CN(c2cc(F)c(C3=CCN(c4ncc(F)cn4)CC3)c(F)c2NOc2c[nH]c(=O)cc2C(F)F)CCN1C. The zero-order valence-corrected chi connectivity index (χ0v) is 22.3. The minimum Gasteiger partial charge on any atom is -0.380 e. The number of hydrogen-bond donors (Lipinski definition) is 2. The molecule has 5 rings (SSSR count). The molecular formula is C27H28F5N7O2. The summed E-state index contributed by atoms with van der Waals surface area (Å²) >= 11 is 0. The predicted molar refractivity (Wildman–Crippen MR) is 144 cm³/mol. The number of pyridine rings is 1. The molecule has 41 heavy (non-hydrogen) atoms. The number of alkyl halides is 2. The van der Waals surface area contributed by atoms with E-state index in [9.17, 15) is 18.0 Å². The lowest BCUT2D eigenvalue weighted by Crippen LogP contribution is -2.50. The first-order valence-corrected chi connectivity index (χ1v) is 12.9. The van der Waals surface area contributed by atoms with Gasteiger partial charge < -0.3 is 24.5 Å². The average molecular weight is 578 g/mol. The molecule has 1 unspecified atom stereocenters. The number of nitrogens with zero attached hydrogens (tertiary/aromatic N) is 5. The molecule has 0 amide bonds. The minimum atomic E-state index is -3.03. The van der Waals surface area contributed by atoms with Crippen LogP contribution in [0.4, 0.5) is 39.3 Å². The summed E-state index contributed by atoms with van der Waals surface area (Å²) in [6.45, 7) is 4.09. The number of halogens is 5. The van der Waals surface area contributed by atoms with Gasteiger partial charge in [-0.1, -0.05) is 6.08 Å². The summed E-state index contributed by atoms with van der Waals surface area (Å²) in [5, 5.41) is 0. The second-order valence-electron chi connectivity index (χ2n) is 9.97. The summed E-state index contributed by atoms with van der Waals surface area (Å²) < 4.78 is 72.2. The molecule has 218 valence electrons. The van der Waals surface area contributed by atoms with E-state index in [0.29, 0.717) is 37.8 Å². The third-order valence-corrected chi connectivity index (χ3v) is 7.33. The van der Waals surface area contributed by atoms with Gasteiger partial charge in [0.25, 0.3) is 6.43 Å². The molecule has 0 radical (unpaired) electrons. The molecular weight excluding hydrogens is 549 g/mol. The zero-order valence-electron chi connectivity index (χ0n) is 22.3. The molecule has 0 spiro atoms. The van der Waals surface area contributed by atoms with Crippen molar-refractivity contribution in [2.75, 3.05) is 55.1 Å². The summed E-state index contributed by atoms with van der Waals surface area (Å²) in [4.78, 5) is 32.8. The Kier molecular flexibility index (Phi) is 8.10. The molecule has 4 heterocycles. The van der Waals surface area contributed by atoms with Crippen molar-refractivity contribution in [3.05, 3.63) is 75.7 Å². The quantitative estimate of drug-likeness (QED) is 0.317. The van der Waals surface area contributed by atoms with E-state index in [1.165, 1.54) is 6.07 Å². The lowest BCUT2D eigenvalue weighted by atomic mass is 9.96. The molecule has 1 saturated heterocycles. The van der Waals surface area contributed by atoms with Gasteiger partial charge in [0.05, 0.1) is 35.4 Å². The van der Waals surface area contributed by atoms with Crippen LogP contribution in [-0.4, -0.2) is 65.7 Å². The van der Waals surface area contributed by atoms with Gasteiger partial charge >= 0.3 is 0 Å². The number of benzene rings is 1. The summed E-state index contributed by atoms with van der Waals surface area (Å²) in [5.41, 5.74) is 1.05. The largest absolute Gasteiger partial charge is 0.380 e. The zero-order chi connectivity index (χ0) is 29.3. The summed E-state index contributed by atoms with van der Waals surface area (Å²) in [7, 11) is 1.95. The van der Waals surface area contributed by atoms with Gasteiger partial charge in [-0.3, -0.25) is 4.79 Å². The third-order valence-electron chi connectivity index (χ3n) is 7.33. The first-order valence-electron chi connectivity index (χ1n) is 12.9. The molecule has 2 aromatic heterocycles. The van der Waals surface area contributed by atoms with Gasteiger partial charge in [0.1, 0.15) is 11.5 Å². The van der Waals surface area contributed by atoms with E-state index in [2.05, 4.69) is 25.3 Å². The molecule has 0 bridgehead atoms. The smallest absolute Gasteiger partial charge is 0.267 e. The van der Waals surface area contributed by atoms with E-state index in [0.717, 1.165) is 18.6 Å². The van der Waals surface area contributed by atoms with Crippen LogP contribution in [0.3, 0.4) is 0 Å². The van der Waals surface area contributed by atoms with Crippen molar-refractivity contribution in [3.8, 4) is 5.75 Å². The van der Waals surface area contributed by atoms with Crippen molar-refractivity contribution in [1.29, 1.82) is 0 Å². The third kappa shape index (κ3) is 5.97. The number of anilines is 3. The number of aromatic amines is 1. The second-order valence-corrected chi connectivity index (χ2v) is 9.97. The first-order chi connectivity index (χ1) is 19.6. The Bertz CT molecular complexity index is 1500. The Balaban J connectivity index is 1.50. The highest BCUT2D eigenvalue weighted by Gasteiger charge is 2.30. The van der Waals surface area contributed by atoms with E-state index in [4.69, 9.17) is 4.84 Å². The van der Waals surface area contributed by atoms with E-state index in [1.807, 2.05) is 14.0 Å². The molecule has 3 aromatic rings. The maximum atomic E-state index is 16.3. The van der Waals surface area contributed by atoms with Crippen LogP contribution in [0.25, 0.3) is 5.57 Å². The van der Waals surface area contributed by atoms with E-state index < -0.39 is 40.7 Å². The van der Waals surface area contributed by atoms with Gasteiger partial charge in [-0.2, -0.15) is 0 Å². The van der Waals surface area contributed by atoms with Crippen molar-refractivity contribution in [2.24, 2.45) is 0 Å². The van der Waals surface area contributed by atoms with Gasteiger partial charge in [0.15, 0.2) is 17.4 Å². The maximum Gasteiger partial charge on any atom is 0.267 e. The van der Waals surface area contributed by atoms with Gasteiger partial charge in [-0.05, 0) is 26.0 Å². The van der Waals surface area contributed by atoms with Gasteiger partial charge in [-0.15, -0.1) is 0 Å². The highest BCUT2D eigenvalue weighted by Crippen LogP contribution is 2.39. The lowest BCUT2D eigenvalue weighted by molar-refractivity contribution is 0.146. The lowest BCUT2D eigenvalue weighted by Gasteiger charge is -2.40. The van der Waals surface area contributed by atoms with Crippen LogP contribution in [0, 0.1) is 17.5 Å². The van der Waals surface area contributed by atoms with Gasteiger partial charge in [0.2, 0.25) is 11.5 Å². The molecule has 2 N–H and O–H groups in total. The number of piperazine rings is 1. The number of H-pyrrole nitrogens is 1. The van der Waals surface area contributed by atoms with Crippen molar-refractivity contribution in [2.45, 2.75) is 25.8 Å². The number of hydrogen-bond acceptors (Lipinski definition) is 8. The number of likely N-dealkylation sites (N-methyl/N-ethyl adjacent to an activating group) is 1. The van der Waals surface area contributed by atoms with E-state index in [1.54, 1.807) is 15.9 Å². The molecule has 9 nitrogen and oxygen atoms in total. The normalized spacial score (nSPS) is 18.0. The highest BCUT2D eigenvalue weighted by molar-refractivity contribution is 5.79. The number of rotatable bonds is 7. The van der Waals surface area contributed by atoms with Crippen molar-refractivity contribution >= 4 is 22.9 Å². The Morgan fingerprint density at radius 2 is 1.85 bits per heavy atom.